The summed E-state index contributed by atoms with van der Waals surface area (Å²) in [6.45, 7) is 2.59. The van der Waals surface area contributed by atoms with Gasteiger partial charge in [-0.3, -0.25) is 14.2 Å². The summed E-state index contributed by atoms with van der Waals surface area (Å²) in [4.78, 5) is 35.5. The van der Waals surface area contributed by atoms with Crippen molar-refractivity contribution in [3.05, 3.63) is 12.7 Å². The molecular formula is C15H19N5O5S. The number of thioether (sulfide) groups is 1. The van der Waals surface area contributed by atoms with Crippen molar-refractivity contribution in [1.82, 2.24) is 19.5 Å². The van der Waals surface area contributed by atoms with Gasteiger partial charge < -0.3 is 19.9 Å². The van der Waals surface area contributed by atoms with Crippen LogP contribution in [0.3, 0.4) is 0 Å². The van der Waals surface area contributed by atoms with Crippen molar-refractivity contribution < 1.29 is 23.8 Å². The summed E-state index contributed by atoms with van der Waals surface area (Å²) in [5.41, 5.74) is 6.67. The molecule has 0 aliphatic carbocycles. The Hall–Kier alpha value is -2.40. The Morgan fingerprint density at radius 2 is 1.92 bits per heavy atom. The van der Waals surface area contributed by atoms with Gasteiger partial charge in [0.05, 0.1) is 6.33 Å². The molecule has 1 aliphatic heterocycles. The number of carbonyl (C=O) groups excluding carboxylic acids is 2. The largest absolute Gasteiger partial charge is 0.456 e. The lowest BCUT2D eigenvalue weighted by Gasteiger charge is -2.23. The third-order valence-corrected chi connectivity index (χ3v) is 4.54. The molecule has 10 nitrogen and oxygen atoms in total. The molecule has 0 radical (unpaired) electrons. The highest BCUT2D eigenvalue weighted by molar-refractivity contribution is 7.98. The Morgan fingerprint density at radius 3 is 2.58 bits per heavy atom. The lowest BCUT2D eigenvalue weighted by molar-refractivity contribution is -0.165. The van der Waals surface area contributed by atoms with E-state index < -0.39 is 36.5 Å². The molecule has 3 rings (SSSR count). The maximum atomic E-state index is 11.6. The van der Waals surface area contributed by atoms with Crippen LogP contribution in [0.1, 0.15) is 20.1 Å². The van der Waals surface area contributed by atoms with Crippen molar-refractivity contribution in [3.63, 3.8) is 0 Å². The van der Waals surface area contributed by atoms with Crippen LogP contribution in [0.4, 0.5) is 5.82 Å². The van der Waals surface area contributed by atoms with E-state index in [-0.39, 0.29) is 5.82 Å². The second kappa shape index (κ2) is 7.46. The van der Waals surface area contributed by atoms with Crippen LogP contribution in [0.25, 0.3) is 11.2 Å². The molecule has 0 amide bonds. The normalized spacial score (nSPS) is 25.3. The van der Waals surface area contributed by atoms with Crippen LogP contribution >= 0.6 is 11.8 Å². The number of esters is 2. The summed E-state index contributed by atoms with van der Waals surface area (Å²) < 4.78 is 18.5. The number of hydrogen-bond acceptors (Lipinski definition) is 10. The zero-order valence-corrected chi connectivity index (χ0v) is 15.3. The van der Waals surface area contributed by atoms with E-state index in [1.807, 2.05) is 6.26 Å². The van der Waals surface area contributed by atoms with Crippen LogP contribution in [0.15, 0.2) is 12.7 Å². The van der Waals surface area contributed by atoms with Crippen molar-refractivity contribution in [3.8, 4) is 0 Å². The highest BCUT2D eigenvalue weighted by atomic mass is 32.2. The van der Waals surface area contributed by atoms with Crippen molar-refractivity contribution in [2.45, 2.75) is 38.4 Å². The second-order valence-electron chi connectivity index (χ2n) is 5.75. The molecule has 1 fully saturated rings. The van der Waals surface area contributed by atoms with Gasteiger partial charge in [0.1, 0.15) is 17.9 Å². The van der Waals surface area contributed by atoms with E-state index in [4.69, 9.17) is 19.9 Å². The molecule has 4 atom stereocenters. The van der Waals surface area contributed by atoms with Gasteiger partial charge in [-0.15, -0.1) is 0 Å². The van der Waals surface area contributed by atoms with Gasteiger partial charge in [-0.2, -0.15) is 11.8 Å². The molecule has 0 spiro atoms. The number of carbonyl (C=O) groups is 2. The van der Waals surface area contributed by atoms with Crippen LogP contribution in [-0.4, -0.2) is 61.8 Å². The maximum absolute atomic E-state index is 11.6. The lowest BCUT2D eigenvalue weighted by atomic mass is 10.1. The van der Waals surface area contributed by atoms with E-state index in [9.17, 15) is 9.59 Å². The summed E-state index contributed by atoms with van der Waals surface area (Å²) in [5.74, 6) is -0.211. The third kappa shape index (κ3) is 3.44. The van der Waals surface area contributed by atoms with Crippen LogP contribution in [0, 0.1) is 0 Å². The van der Waals surface area contributed by atoms with Gasteiger partial charge in [0.2, 0.25) is 0 Å². The Kier molecular flexibility index (Phi) is 5.28. The van der Waals surface area contributed by atoms with E-state index in [2.05, 4.69) is 15.0 Å². The summed E-state index contributed by atoms with van der Waals surface area (Å²) in [6, 6.07) is 0. The minimum atomic E-state index is -0.845. The first-order valence-corrected chi connectivity index (χ1v) is 9.23. The average molecular weight is 381 g/mol. The van der Waals surface area contributed by atoms with Crippen molar-refractivity contribution in [2.24, 2.45) is 0 Å². The topological polar surface area (TPSA) is 131 Å². The van der Waals surface area contributed by atoms with Gasteiger partial charge in [0.25, 0.3) is 0 Å². The highest BCUT2D eigenvalue weighted by Crippen LogP contribution is 2.36. The number of aromatic nitrogens is 4. The zero-order chi connectivity index (χ0) is 18.8. The molecule has 140 valence electrons. The number of nitrogen functional groups attached to an aromatic ring is 1. The fraction of sp³-hybridized carbons (Fsp3) is 0.533. The molecule has 2 aromatic heterocycles. The number of anilines is 1. The molecule has 26 heavy (non-hydrogen) atoms. The number of nitrogens with zero attached hydrogens (tertiary/aromatic N) is 4. The van der Waals surface area contributed by atoms with E-state index in [1.54, 1.807) is 4.57 Å². The third-order valence-electron chi connectivity index (χ3n) is 3.88. The summed E-state index contributed by atoms with van der Waals surface area (Å²) in [5, 5.41) is 0. The molecule has 1 aliphatic rings. The van der Waals surface area contributed by atoms with Gasteiger partial charge >= 0.3 is 11.9 Å². The molecule has 11 heteroatoms. The van der Waals surface area contributed by atoms with E-state index in [1.165, 1.54) is 38.3 Å². The predicted molar refractivity (Wildman–Crippen MR) is 93.1 cm³/mol. The smallest absolute Gasteiger partial charge is 0.303 e. The maximum Gasteiger partial charge on any atom is 0.303 e. The Bertz CT molecular complexity index is 828. The van der Waals surface area contributed by atoms with Gasteiger partial charge in [0.15, 0.2) is 29.9 Å². The molecule has 0 bridgehead atoms. The van der Waals surface area contributed by atoms with Gasteiger partial charge in [-0.05, 0) is 6.26 Å². The number of nitrogens with two attached hydrogens (primary N) is 1. The average Bonchev–Trinajstić information content (AvgIpc) is 3.12. The van der Waals surface area contributed by atoms with Crippen LogP contribution in [-0.2, 0) is 23.8 Å². The van der Waals surface area contributed by atoms with Crippen molar-refractivity contribution in [1.29, 1.82) is 0 Å². The first-order valence-electron chi connectivity index (χ1n) is 7.84. The number of imidazole rings is 1. The fourth-order valence-electron chi connectivity index (χ4n) is 2.94. The highest BCUT2D eigenvalue weighted by Gasteiger charge is 2.50. The fourth-order valence-corrected chi connectivity index (χ4v) is 3.53. The predicted octanol–water partition coefficient (Wildman–Crippen LogP) is 0.532. The van der Waals surface area contributed by atoms with Gasteiger partial charge in [-0.1, -0.05) is 0 Å². The van der Waals surface area contributed by atoms with E-state index >= 15 is 0 Å². The van der Waals surface area contributed by atoms with Crippen LogP contribution in [0.5, 0.6) is 0 Å². The lowest BCUT2D eigenvalue weighted by Crippen LogP contribution is -2.39. The SMILES string of the molecule is CSC[C@H]1O[C@@H](n2cnc3c(N)ncnc32)[C@@H](OC(C)=O)[C@@H]1OC(C)=O. The minimum Gasteiger partial charge on any atom is -0.456 e. The standard InChI is InChI=1S/C15H19N5O5S/c1-7(21)23-11-9(4-26-3)25-15(12(11)24-8(2)22)20-6-19-10-13(16)17-5-18-14(10)20/h5-6,9,11-12,15H,4H2,1-3H3,(H2,16,17,18)/t9-,11-,12+,15-/m1/s1. The quantitative estimate of drug-likeness (QED) is 0.732. The molecule has 2 aromatic rings. The number of hydrogen-bond donors (Lipinski definition) is 1. The summed E-state index contributed by atoms with van der Waals surface area (Å²) in [7, 11) is 0. The Labute approximate surface area is 153 Å². The summed E-state index contributed by atoms with van der Waals surface area (Å²) in [6.07, 6.45) is 1.90. The van der Waals surface area contributed by atoms with Crippen molar-refractivity contribution >= 4 is 40.7 Å². The van der Waals surface area contributed by atoms with Gasteiger partial charge in [0, 0.05) is 19.6 Å². The molecule has 0 unspecified atom stereocenters. The first-order chi connectivity index (χ1) is 12.4. The monoisotopic (exact) mass is 381 g/mol. The molecule has 1 saturated heterocycles. The molecule has 0 aromatic carbocycles. The number of fused-ring (bicyclic) bond motifs is 1. The Balaban J connectivity index is 2.03. The van der Waals surface area contributed by atoms with E-state index in [0.717, 1.165) is 0 Å². The zero-order valence-electron chi connectivity index (χ0n) is 14.5. The Morgan fingerprint density at radius 1 is 1.23 bits per heavy atom. The second-order valence-corrected chi connectivity index (χ2v) is 6.66. The molecular weight excluding hydrogens is 362 g/mol. The molecule has 2 N–H and O–H groups in total. The molecule has 0 saturated carbocycles. The number of rotatable bonds is 5. The minimum absolute atomic E-state index is 0.230. The van der Waals surface area contributed by atoms with Crippen LogP contribution in [0.2, 0.25) is 0 Å². The summed E-state index contributed by atoms with van der Waals surface area (Å²) >= 11 is 1.53. The first kappa shape index (κ1) is 18.4. The molecule has 3 heterocycles. The van der Waals surface area contributed by atoms with Crippen molar-refractivity contribution in [2.75, 3.05) is 17.7 Å². The van der Waals surface area contributed by atoms with Crippen LogP contribution < -0.4 is 5.73 Å². The van der Waals surface area contributed by atoms with Gasteiger partial charge in [-0.25, -0.2) is 15.0 Å². The van der Waals surface area contributed by atoms with E-state index in [0.29, 0.717) is 16.9 Å². The number of ether oxygens (including phenoxy) is 3.